The van der Waals surface area contributed by atoms with Gasteiger partial charge in [-0.2, -0.15) is 18.3 Å². The zero-order valence-electron chi connectivity index (χ0n) is 14.9. The van der Waals surface area contributed by atoms with Gasteiger partial charge in [-0.3, -0.25) is 5.43 Å². The number of hydrogen-bond donors (Lipinski definition) is 2. The third-order valence-corrected chi connectivity index (χ3v) is 3.94. The Balaban J connectivity index is 1.84. The van der Waals surface area contributed by atoms with Gasteiger partial charge < -0.3 is 9.52 Å². The van der Waals surface area contributed by atoms with Crippen molar-refractivity contribution < 1.29 is 45.1 Å². The van der Waals surface area contributed by atoms with Gasteiger partial charge >= 0.3 is 12.1 Å². The number of anilines is 1. The molecule has 0 aliphatic heterocycles. The monoisotopic (exact) mass is 446 g/mol. The summed E-state index contributed by atoms with van der Waals surface area (Å²) in [5.74, 6) is -10.9. The topological polar surface area (TPSA) is 74.8 Å². The van der Waals surface area contributed by atoms with E-state index < -0.39 is 46.7 Å². The van der Waals surface area contributed by atoms with Crippen LogP contribution in [0.4, 0.5) is 36.4 Å². The van der Waals surface area contributed by atoms with Gasteiger partial charge in [0.25, 0.3) is 0 Å². The lowest BCUT2D eigenvalue weighted by Crippen LogP contribution is -2.16. The van der Waals surface area contributed by atoms with Crippen molar-refractivity contribution in [3.05, 3.63) is 76.6 Å². The fourth-order valence-electron chi connectivity index (χ4n) is 2.52. The van der Waals surface area contributed by atoms with Gasteiger partial charge in [0.15, 0.2) is 23.3 Å². The lowest BCUT2D eigenvalue weighted by molar-refractivity contribution is -0.143. The smallest absolute Gasteiger partial charge is 0.422 e. The van der Waals surface area contributed by atoms with Gasteiger partial charge in [0, 0.05) is 5.56 Å². The number of halogens is 7. The number of nitrogens with one attached hydrogen (secondary N) is 1. The fraction of sp³-hybridized carbons (Fsp3) is 0.0526. The van der Waals surface area contributed by atoms with Gasteiger partial charge in [0.2, 0.25) is 0 Å². The van der Waals surface area contributed by atoms with Crippen LogP contribution in [-0.4, -0.2) is 17.3 Å². The van der Waals surface area contributed by atoms with Gasteiger partial charge in [0.05, 0.1) is 11.8 Å². The van der Waals surface area contributed by atoms with E-state index in [4.69, 9.17) is 9.52 Å². The Hall–Kier alpha value is -3.83. The molecular weight excluding hydrogens is 437 g/mol. The summed E-state index contributed by atoms with van der Waals surface area (Å²) >= 11 is 0. The number of hydrogen-bond acceptors (Lipinski definition) is 4. The van der Waals surface area contributed by atoms with Gasteiger partial charge in [-0.15, -0.1) is 0 Å². The maximum atomic E-state index is 13.8. The summed E-state index contributed by atoms with van der Waals surface area (Å²) in [6.07, 6.45) is -4.82. The van der Waals surface area contributed by atoms with E-state index in [-0.39, 0.29) is 17.1 Å². The molecule has 0 unspecified atom stereocenters. The predicted molar refractivity (Wildman–Crippen MR) is 93.6 cm³/mol. The maximum absolute atomic E-state index is 13.8. The zero-order chi connectivity index (χ0) is 22.9. The van der Waals surface area contributed by atoms with Crippen molar-refractivity contribution in [2.75, 3.05) is 5.43 Å². The Morgan fingerprint density at radius 2 is 1.65 bits per heavy atom. The Labute approximate surface area is 168 Å². The molecule has 3 rings (SSSR count). The van der Waals surface area contributed by atoms with Gasteiger partial charge in [-0.05, 0) is 24.3 Å². The minimum atomic E-state index is -5.65. The Morgan fingerprint density at radius 3 is 2.23 bits per heavy atom. The summed E-state index contributed by atoms with van der Waals surface area (Å²) < 4.78 is 97.8. The van der Waals surface area contributed by atoms with Crippen molar-refractivity contribution in [3.63, 3.8) is 0 Å². The first kappa shape index (κ1) is 21.9. The fourth-order valence-corrected chi connectivity index (χ4v) is 2.52. The van der Waals surface area contributed by atoms with Crippen molar-refractivity contribution in [2.45, 2.75) is 6.18 Å². The summed E-state index contributed by atoms with van der Waals surface area (Å²) in [5, 5.41) is 12.3. The van der Waals surface area contributed by atoms with Crippen molar-refractivity contribution in [1.82, 2.24) is 0 Å². The third kappa shape index (κ3) is 4.37. The first-order valence-electron chi connectivity index (χ1n) is 8.16. The van der Waals surface area contributed by atoms with Gasteiger partial charge in [-0.1, -0.05) is 12.1 Å². The summed E-state index contributed by atoms with van der Waals surface area (Å²) in [6, 6.07) is 8.43. The Kier molecular flexibility index (Phi) is 5.73. The van der Waals surface area contributed by atoms with Crippen molar-refractivity contribution >= 4 is 17.9 Å². The average molecular weight is 446 g/mol. The molecule has 0 aliphatic carbocycles. The zero-order valence-corrected chi connectivity index (χ0v) is 14.9. The molecule has 2 aromatic carbocycles. The first-order valence-corrected chi connectivity index (χ1v) is 8.16. The number of hydrazone groups is 1. The van der Waals surface area contributed by atoms with E-state index in [1.54, 1.807) is 11.5 Å². The second kappa shape index (κ2) is 8.13. The maximum Gasteiger partial charge on any atom is 0.422 e. The van der Waals surface area contributed by atoms with Crippen LogP contribution in [0.3, 0.4) is 0 Å². The van der Waals surface area contributed by atoms with Gasteiger partial charge in [0.1, 0.15) is 22.8 Å². The number of carboxylic acids is 1. The van der Waals surface area contributed by atoms with Crippen LogP contribution in [0.5, 0.6) is 0 Å². The highest BCUT2D eigenvalue weighted by molar-refractivity contribution is 5.89. The van der Waals surface area contributed by atoms with Crippen LogP contribution in [0.15, 0.2) is 45.9 Å². The number of carboxylic acid groups (broad SMARTS) is 1. The van der Waals surface area contributed by atoms with Crippen LogP contribution in [0.25, 0.3) is 11.3 Å². The molecule has 0 fully saturated rings. The SMILES string of the molecule is O=C(O)c1cccc(-c2ccc(/C=N\Nc3c(F)c(F)c(C(F)(F)F)c(F)c3F)o2)c1. The minimum absolute atomic E-state index is 0.0110. The molecule has 0 spiro atoms. The number of carbonyl (C=O) groups is 1. The molecule has 2 N–H and O–H groups in total. The molecule has 0 saturated heterocycles. The van der Waals surface area contributed by atoms with Crippen LogP contribution in [-0.2, 0) is 6.18 Å². The van der Waals surface area contributed by atoms with Crippen LogP contribution in [0.2, 0.25) is 0 Å². The van der Waals surface area contributed by atoms with E-state index in [1.165, 1.54) is 30.3 Å². The molecule has 31 heavy (non-hydrogen) atoms. The van der Waals surface area contributed by atoms with Crippen LogP contribution < -0.4 is 5.43 Å². The molecule has 12 heteroatoms. The predicted octanol–water partition coefficient (Wildman–Crippen LogP) is 5.67. The van der Waals surface area contributed by atoms with Crippen molar-refractivity contribution in [2.24, 2.45) is 5.10 Å². The summed E-state index contributed by atoms with van der Waals surface area (Å²) in [7, 11) is 0. The van der Waals surface area contributed by atoms with E-state index in [0.29, 0.717) is 5.56 Å². The van der Waals surface area contributed by atoms with Crippen LogP contribution >= 0.6 is 0 Å². The molecule has 0 aliphatic rings. The molecule has 1 aromatic heterocycles. The largest absolute Gasteiger partial charge is 0.478 e. The lowest BCUT2D eigenvalue weighted by Gasteiger charge is -2.13. The molecule has 162 valence electrons. The van der Waals surface area contributed by atoms with Crippen LogP contribution in [0, 0.1) is 23.3 Å². The first-order chi connectivity index (χ1) is 14.5. The number of aromatic carboxylic acids is 1. The summed E-state index contributed by atoms with van der Waals surface area (Å²) in [6.45, 7) is 0. The second-order valence-electron chi connectivity index (χ2n) is 5.96. The highest BCUT2D eigenvalue weighted by Crippen LogP contribution is 2.38. The number of furan rings is 1. The molecule has 0 atom stereocenters. The third-order valence-electron chi connectivity index (χ3n) is 3.94. The van der Waals surface area contributed by atoms with E-state index in [2.05, 4.69) is 5.10 Å². The molecular formula is C19H9F7N2O3. The molecule has 0 amide bonds. The second-order valence-corrected chi connectivity index (χ2v) is 5.96. The number of nitrogens with zero attached hydrogens (tertiary/aromatic N) is 1. The standard InChI is InChI=1S/C19H9F7N2O3/c20-13-12(19(24,25)26)14(21)16(23)17(15(13)22)28-27-7-10-4-5-11(31-10)8-2-1-3-9(6-8)18(29)30/h1-7,28H,(H,29,30)/b27-7-. The molecule has 3 aromatic rings. The van der Waals surface area contributed by atoms with Crippen molar-refractivity contribution in [3.8, 4) is 11.3 Å². The van der Waals surface area contributed by atoms with E-state index in [9.17, 15) is 35.5 Å². The van der Waals surface area contributed by atoms with Gasteiger partial charge in [-0.25, -0.2) is 22.4 Å². The number of benzene rings is 2. The molecule has 1 heterocycles. The number of alkyl halides is 3. The molecule has 5 nitrogen and oxygen atoms in total. The highest BCUT2D eigenvalue weighted by atomic mass is 19.4. The van der Waals surface area contributed by atoms with Crippen LogP contribution in [0.1, 0.15) is 21.7 Å². The summed E-state index contributed by atoms with van der Waals surface area (Å²) in [5.41, 5.74) is -2.30. The number of rotatable bonds is 5. The molecule has 0 saturated carbocycles. The minimum Gasteiger partial charge on any atom is -0.478 e. The Bertz CT molecular complexity index is 1160. The normalized spacial score (nSPS) is 11.8. The van der Waals surface area contributed by atoms with Crippen molar-refractivity contribution in [1.29, 1.82) is 0 Å². The average Bonchev–Trinajstić information content (AvgIpc) is 3.17. The van der Waals surface area contributed by atoms with E-state index >= 15 is 0 Å². The van der Waals surface area contributed by atoms with E-state index in [1.807, 2.05) is 0 Å². The Morgan fingerprint density at radius 1 is 1.00 bits per heavy atom. The lowest BCUT2D eigenvalue weighted by atomic mass is 10.1. The summed E-state index contributed by atoms with van der Waals surface area (Å²) in [4.78, 5) is 11.0. The van der Waals surface area contributed by atoms with E-state index in [0.717, 1.165) is 6.21 Å². The highest BCUT2D eigenvalue weighted by Gasteiger charge is 2.42. The quantitative estimate of drug-likeness (QED) is 0.229. The molecule has 0 radical (unpaired) electrons. The molecule has 0 bridgehead atoms.